The molecule has 0 saturated heterocycles. The number of rotatable bonds is 6. The Morgan fingerprint density at radius 2 is 1.90 bits per heavy atom. The molecule has 5 heteroatoms. The predicted molar refractivity (Wildman–Crippen MR) is 80.6 cm³/mol. The molecule has 2 rings (SSSR count). The number of carbonyl (C=O) groups excluding carboxylic acids is 2. The summed E-state index contributed by atoms with van der Waals surface area (Å²) in [5.74, 6) is 0.0295. The van der Waals surface area contributed by atoms with E-state index >= 15 is 0 Å². The summed E-state index contributed by atoms with van der Waals surface area (Å²) in [6.07, 6.45) is 4.40. The molecular weight excluding hydrogens is 268 g/mol. The number of hydrogen-bond donors (Lipinski definition) is 3. The Bertz CT molecular complexity index is 496. The van der Waals surface area contributed by atoms with Crippen molar-refractivity contribution >= 4 is 17.5 Å². The summed E-state index contributed by atoms with van der Waals surface area (Å²) in [6, 6.07) is 7.12. The summed E-state index contributed by atoms with van der Waals surface area (Å²) in [6.45, 7) is 0.233. The summed E-state index contributed by atoms with van der Waals surface area (Å²) in [5, 5.41) is 14.8. The Kier molecular flexibility index (Phi) is 5.75. The van der Waals surface area contributed by atoms with Gasteiger partial charge in [-0.1, -0.05) is 31.0 Å². The quantitative estimate of drug-likeness (QED) is 0.747. The SMILES string of the molecule is O=C(CCNC(=O)C1CCCC1)Nc1ccccc1CO. The maximum atomic E-state index is 11.8. The molecule has 0 radical (unpaired) electrons. The van der Waals surface area contributed by atoms with Crippen LogP contribution in [0.4, 0.5) is 5.69 Å². The fourth-order valence-corrected chi connectivity index (χ4v) is 2.62. The monoisotopic (exact) mass is 290 g/mol. The van der Waals surface area contributed by atoms with Gasteiger partial charge in [-0.15, -0.1) is 0 Å². The van der Waals surface area contributed by atoms with Crippen LogP contribution in [-0.2, 0) is 16.2 Å². The Morgan fingerprint density at radius 3 is 2.62 bits per heavy atom. The van der Waals surface area contributed by atoms with Gasteiger partial charge in [0.15, 0.2) is 0 Å². The Hall–Kier alpha value is -1.88. The van der Waals surface area contributed by atoms with E-state index in [2.05, 4.69) is 10.6 Å². The fraction of sp³-hybridized carbons (Fsp3) is 0.500. The van der Waals surface area contributed by atoms with E-state index in [4.69, 9.17) is 0 Å². The average molecular weight is 290 g/mol. The Labute approximate surface area is 124 Å². The normalized spacial score (nSPS) is 14.9. The lowest BCUT2D eigenvalue weighted by atomic mass is 10.1. The molecule has 114 valence electrons. The largest absolute Gasteiger partial charge is 0.392 e. The zero-order valence-corrected chi connectivity index (χ0v) is 12.1. The number of aliphatic hydroxyl groups is 1. The molecule has 1 saturated carbocycles. The van der Waals surface area contributed by atoms with Gasteiger partial charge in [-0.25, -0.2) is 0 Å². The molecule has 0 unspecified atom stereocenters. The van der Waals surface area contributed by atoms with Crippen LogP contribution < -0.4 is 10.6 Å². The van der Waals surface area contributed by atoms with Crippen molar-refractivity contribution in [2.45, 2.75) is 38.7 Å². The van der Waals surface area contributed by atoms with Gasteiger partial charge in [-0.3, -0.25) is 9.59 Å². The van der Waals surface area contributed by atoms with Gasteiger partial charge in [0.25, 0.3) is 0 Å². The van der Waals surface area contributed by atoms with Crippen molar-refractivity contribution in [3.8, 4) is 0 Å². The molecular formula is C16H22N2O3. The first-order chi connectivity index (χ1) is 10.2. The highest BCUT2D eigenvalue weighted by Gasteiger charge is 2.22. The molecule has 21 heavy (non-hydrogen) atoms. The van der Waals surface area contributed by atoms with E-state index in [1.54, 1.807) is 18.2 Å². The minimum absolute atomic E-state index is 0.0658. The molecule has 0 bridgehead atoms. The predicted octanol–water partition coefficient (Wildman–Crippen LogP) is 1.81. The third-order valence-corrected chi connectivity index (χ3v) is 3.84. The number of nitrogens with one attached hydrogen (secondary N) is 2. The van der Waals surface area contributed by atoms with Crippen molar-refractivity contribution in [2.75, 3.05) is 11.9 Å². The highest BCUT2D eigenvalue weighted by molar-refractivity contribution is 5.92. The Morgan fingerprint density at radius 1 is 1.19 bits per heavy atom. The minimum atomic E-state index is -0.164. The van der Waals surface area contributed by atoms with Gasteiger partial charge >= 0.3 is 0 Å². The fourth-order valence-electron chi connectivity index (χ4n) is 2.62. The van der Waals surface area contributed by atoms with Crippen LogP contribution in [-0.4, -0.2) is 23.5 Å². The van der Waals surface area contributed by atoms with E-state index in [9.17, 15) is 14.7 Å². The first-order valence-electron chi connectivity index (χ1n) is 7.47. The molecule has 5 nitrogen and oxygen atoms in total. The third-order valence-electron chi connectivity index (χ3n) is 3.84. The Balaban J connectivity index is 1.73. The zero-order valence-electron chi connectivity index (χ0n) is 12.1. The van der Waals surface area contributed by atoms with Gasteiger partial charge in [0.2, 0.25) is 11.8 Å². The van der Waals surface area contributed by atoms with Crippen molar-refractivity contribution in [2.24, 2.45) is 5.92 Å². The molecule has 1 fully saturated rings. The maximum absolute atomic E-state index is 11.8. The summed E-state index contributed by atoms with van der Waals surface area (Å²) in [5.41, 5.74) is 1.30. The van der Waals surface area contributed by atoms with E-state index < -0.39 is 0 Å². The van der Waals surface area contributed by atoms with Crippen LogP contribution >= 0.6 is 0 Å². The second kappa shape index (κ2) is 7.78. The van der Waals surface area contributed by atoms with Gasteiger partial charge < -0.3 is 15.7 Å². The van der Waals surface area contributed by atoms with Crippen LogP contribution in [0.25, 0.3) is 0 Å². The lowest BCUT2D eigenvalue weighted by Crippen LogP contribution is -2.32. The summed E-state index contributed by atoms with van der Waals surface area (Å²) >= 11 is 0. The molecule has 1 aromatic carbocycles. The first kappa shape index (κ1) is 15.5. The van der Waals surface area contributed by atoms with E-state index in [-0.39, 0.29) is 30.8 Å². The number of para-hydroxylation sites is 1. The van der Waals surface area contributed by atoms with Crippen LogP contribution in [0.5, 0.6) is 0 Å². The molecule has 0 spiro atoms. The lowest BCUT2D eigenvalue weighted by Gasteiger charge is -2.11. The molecule has 2 amide bonds. The van der Waals surface area contributed by atoms with E-state index in [1.807, 2.05) is 6.07 Å². The molecule has 1 aliphatic carbocycles. The van der Waals surface area contributed by atoms with Crippen molar-refractivity contribution in [3.63, 3.8) is 0 Å². The molecule has 1 aliphatic rings. The highest BCUT2D eigenvalue weighted by Crippen LogP contribution is 2.24. The summed E-state index contributed by atoms with van der Waals surface area (Å²) in [7, 11) is 0. The molecule has 1 aromatic rings. The number of carbonyl (C=O) groups is 2. The van der Waals surface area contributed by atoms with Gasteiger partial charge in [0.1, 0.15) is 0 Å². The van der Waals surface area contributed by atoms with Crippen molar-refractivity contribution < 1.29 is 14.7 Å². The van der Waals surface area contributed by atoms with Crippen molar-refractivity contribution in [3.05, 3.63) is 29.8 Å². The number of amides is 2. The number of hydrogen-bond acceptors (Lipinski definition) is 3. The standard InChI is InChI=1S/C16H22N2O3/c19-11-13-7-3-4-8-14(13)18-15(20)9-10-17-16(21)12-5-1-2-6-12/h3-4,7-8,12,19H,1-2,5-6,9-11H2,(H,17,21)(H,18,20). The topological polar surface area (TPSA) is 78.4 Å². The average Bonchev–Trinajstić information content (AvgIpc) is 3.02. The van der Waals surface area contributed by atoms with Crippen LogP contribution in [0.2, 0.25) is 0 Å². The van der Waals surface area contributed by atoms with Crippen LogP contribution in [0.3, 0.4) is 0 Å². The third kappa shape index (κ3) is 4.56. The maximum Gasteiger partial charge on any atom is 0.226 e. The molecule has 0 aliphatic heterocycles. The number of aliphatic hydroxyl groups excluding tert-OH is 1. The number of anilines is 1. The van der Waals surface area contributed by atoms with Crippen LogP contribution in [0, 0.1) is 5.92 Å². The second-order valence-electron chi connectivity index (χ2n) is 5.39. The first-order valence-corrected chi connectivity index (χ1v) is 7.47. The van der Waals surface area contributed by atoms with Crippen LogP contribution in [0.15, 0.2) is 24.3 Å². The van der Waals surface area contributed by atoms with Crippen molar-refractivity contribution in [1.29, 1.82) is 0 Å². The zero-order chi connectivity index (χ0) is 15.1. The van der Waals surface area contributed by atoms with Crippen LogP contribution in [0.1, 0.15) is 37.7 Å². The molecule has 0 atom stereocenters. The van der Waals surface area contributed by atoms with E-state index in [0.717, 1.165) is 25.7 Å². The van der Waals surface area contributed by atoms with E-state index in [0.29, 0.717) is 17.8 Å². The smallest absolute Gasteiger partial charge is 0.226 e. The minimum Gasteiger partial charge on any atom is -0.392 e. The van der Waals surface area contributed by atoms with Gasteiger partial charge in [0.05, 0.1) is 6.61 Å². The lowest BCUT2D eigenvalue weighted by molar-refractivity contribution is -0.124. The summed E-state index contributed by atoms with van der Waals surface area (Å²) < 4.78 is 0. The van der Waals surface area contributed by atoms with Gasteiger partial charge in [-0.2, -0.15) is 0 Å². The number of benzene rings is 1. The van der Waals surface area contributed by atoms with E-state index in [1.165, 1.54) is 0 Å². The van der Waals surface area contributed by atoms with Gasteiger partial charge in [0, 0.05) is 30.1 Å². The van der Waals surface area contributed by atoms with Crippen molar-refractivity contribution in [1.82, 2.24) is 5.32 Å². The molecule has 0 aromatic heterocycles. The molecule has 3 N–H and O–H groups in total. The second-order valence-corrected chi connectivity index (χ2v) is 5.39. The van der Waals surface area contributed by atoms with Gasteiger partial charge in [-0.05, 0) is 18.9 Å². The highest BCUT2D eigenvalue weighted by atomic mass is 16.3. The summed E-state index contributed by atoms with van der Waals surface area (Å²) in [4.78, 5) is 23.6. The molecule has 0 heterocycles.